The van der Waals surface area contributed by atoms with Crippen molar-refractivity contribution >= 4 is 29.3 Å². The van der Waals surface area contributed by atoms with Gasteiger partial charge in [-0.25, -0.2) is 0 Å². The number of fused-ring (bicyclic) bond motifs is 1. The van der Waals surface area contributed by atoms with Crippen LogP contribution < -0.4 is 5.32 Å². The van der Waals surface area contributed by atoms with Crippen LogP contribution in [0.5, 0.6) is 0 Å². The van der Waals surface area contributed by atoms with Gasteiger partial charge in [0, 0.05) is 12.5 Å². The molecule has 1 fully saturated rings. The monoisotopic (exact) mass is 437 g/mol. The molecule has 2 heterocycles. The molecule has 2 aliphatic rings. The molecule has 0 aliphatic carbocycles. The number of ether oxygens (including phenoxy) is 1. The van der Waals surface area contributed by atoms with Crippen molar-refractivity contribution < 1.29 is 28.8 Å². The number of nitro benzene ring substituents is 1. The second-order valence-corrected chi connectivity index (χ2v) is 7.53. The van der Waals surface area contributed by atoms with Gasteiger partial charge in [0.2, 0.25) is 11.8 Å². The highest BCUT2D eigenvalue weighted by molar-refractivity contribution is 6.25. The number of hydrogen-bond donors (Lipinski definition) is 1. The van der Waals surface area contributed by atoms with E-state index in [2.05, 4.69) is 5.32 Å². The lowest BCUT2D eigenvalue weighted by atomic mass is 10.0. The molecule has 2 aromatic carbocycles. The summed E-state index contributed by atoms with van der Waals surface area (Å²) in [5.41, 5.74) is 0.502. The van der Waals surface area contributed by atoms with Crippen LogP contribution in [0.25, 0.3) is 0 Å². The van der Waals surface area contributed by atoms with Crippen LogP contribution >= 0.6 is 0 Å². The van der Waals surface area contributed by atoms with Crippen molar-refractivity contribution in [2.45, 2.75) is 31.9 Å². The van der Waals surface area contributed by atoms with E-state index in [0.29, 0.717) is 18.6 Å². The SMILES string of the molecule is O=C1CCC(N2C(=O)c3cc(CCOCc4ccccc4)cc([N+](=O)[O-])c3C2=O)C(=O)N1. The maximum absolute atomic E-state index is 13.0. The molecule has 2 aromatic rings. The summed E-state index contributed by atoms with van der Waals surface area (Å²) in [5, 5.41) is 13.7. The Hall–Kier alpha value is -3.92. The summed E-state index contributed by atoms with van der Waals surface area (Å²) < 4.78 is 5.61. The zero-order chi connectivity index (χ0) is 22.8. The standard InChI is InChI=1S/C22H19N3O7/c26-18-7-6-16(20(27)23-18)24-21(28)15-10-14(11-17(25(30)31)19(15)22(24)29)8-9-32-12-13-4-2-1-3-5-13/h1-5,10-11,16H,6-9,12H2,(H,23,26,27). The van der Waals surface area contributed by atoms with Crippen LogP contribution in [0, 0.1) is 10.1 Å². The van der Waals surface area contributed by atoms with Gasteiger partial charge in [-0.2, -0.15) is 0 Å². The van der Waals surface area contributed by atoms with Crippen molar-refractivity contribution in [3.05, 3.63) is 74.8 Å². The van der Waals surface area contributed by atoms with Crippen LogP contribution in [0.2, 0.25) is 0 Å². The Morgan fingerprint density at radius 2 is 1.81 bits per heavy atom. The number of nitrogens with zero attached hydrogens (tertiary/aromatic N) is 2. The van der Waals surface area contributed by atoms with Gasteiger partial charge in [-0.05, 0) is 30.0 Å². The maximum atomic E-state index is 13.0. The number of amides is 4. The van der Waals surface area contributed by atoms with Gasteiger partial charge in [0.05, 0.1) is 23.7 Å². The summed E-state index contributed by atoms with van der Waals surface area (Å²) in [6.45, 7) is 0.623. The third-order valence-electron chi connectivity index (χ3n) is 5.42. The van der Waals surface area contributed by atoms with Gasteiger partial charge in [0.1, 0.15) is 11.6 Å². The minimum Gasteiger partial charge on any atom is -0.376 e. The Morgan fingerprint density at radius 3 is 2.50 bits per heavy atom. The molecule has 0 radical (unpaired) electrons. The number of piperidine rings is 1. The van der Waals surface area contributed by atoms with Gasteiger partial charge in [0.15, 0.2) is 0 Å². The van der Waals surface area contributed by atoms with Gasteiger partial charge in [-0.3, -0.25) is 39.5 Å². The summed E-state index contributed by atoms with van der Waals surface area (Å²) >= 11 is 0. The van der Waals surface area contributed by atoms with Crippen molar-refractivity contribution in [3.8, 4) is 0 Å². The van der Waals surface area contributed by atoms with Gasteiger partial charge in [0.25, 0.3) is 17.5 Å². The van der Waals surface area contributed by atoms with E-state index in [-0.39, 0.29) is 30.6 Å². The van der Waals surface area contributed by atoms with Crippen LogP contribution in [0.15, 0.2) is 42.5 Å². The Kier molecular flexibility index (Phi) is 5.78. The molecule has 10 nitrogen and oxygen atoms in total. The topological polar surface area (TPSA) is 136 Å². The average molecular weight is 437 g/mol. The van der Waals surface area contributed by atoms with Crippen molar-refractivity contribution in [3.63, 3.8) is 0 Å². The van der Waals surface area contributed by atoms with E-state index in [9.17, 15) is 29.3 Å². The number of carbonyl (C=O) groups is 4. The Bertz CT molecular complexity index is 1130. The molecule has 1 unspecified atom stereocenters. The van der Waals surface area contributed by atoms with Gasteiger partial charge in [-0.15, -0.1) is 0 Å². The lowest BCUT2D eigenvalue weighted by molar-refractivity contribution is -0.385. The van der Waals surface area contributed by atoms with Gasteiger partial charge >= 0.3 is 0 Å². The predicted molar refractivity (Wildman–Crippen MR) is 110 cm³/mol. The van der Waals surface area contributed by atoms with Crippen LogP contribution in [0.3, 0.4) is 0 Å². The predicted octanol–water partition coefficient (Wildman–Crippen LogP) is 1.76. The van der Waals surface area contributed by atoms with E-state index in [1.54, 1.807) is 0 Å². The highest BCUT2D eigenvalue weighted by atomic mass is 16.6. The molecule has 1 N–H and O–H groups in total. The summed E-state index contributed by atoms with van der Waals surface area (Å²) in [6.07, 6.45) is 0.237. The Morgan fingerprint density at radius 1 is 1.06 bits per heavy atom. The first-order valence-corrected chi connectivity index (χ1v) is 10.0. The largest absolute Gasteiger partial charge is 0.376 e. The number of rotatable bonds is 7. The first-order chi connectivity index (χ1) is 15.4. The molecular weight excluding hydrogens is 418 g/mol. The lowest BCUT2D eigenvalue weighted by Crippen LogP contribution is -2.54. The molecule has 4 rings (SSSR count). The van der Waals surface area contributed by atoms with Crippen LogP contribution in [0.1, 0.15) is 44.7 Å². The first-order valence-electron chi connectivity index (χ1n) is 10.0. The Labute approximate surface area is 182 Å². The highest BCUT2D eigenvalue weighted by Crippen LogP contribution is 2.34. The molecule has 0 spiro atoms. The van der Waals surface area contributed by atoms with E-state index in [4.69, 9.17) is 4.74 Å². The third kappa shape index (κ3) is 4.00. The number of nitrogens with one attached hydrogen (secondary N) is 1. The molecule has 0 aromatic heterocycles. The minimum atomic E-state index is -1.18. The fourth-order valence-electron chi connectivity index (χ4n) is 3.88. The fourth-order valence-corrected chi connectivity index (χ4v) is 3.88. The average Bonchev–Trinajstić information content (AvgIpc) is 3.02. The second kappa shape index (κ2) is 8.67. The molecule has 32 heavy (non-hydrogen) atoms. The molecular formula is C22H19N3O7. The molecule has 10 heteroatoms. The molecule has 0 saturated carbocycles. The van der Waals surface area contributed by atoms with Crippen molar-refractivity contribution in [2.75, 3.05) is 6.61 Å². The maximum Gasteiger partial charge on any atom is 0.283 e. The summed E-state index contributed by atoms with van der Waals surface area (Å²) in [6, 6.07) is 11.0. The van der Waals surface area contributed by atoms with E-state index in [1.165, 1.54) is 12.1 Å². The summed E-state index contributed by atoms with van der Waals surface area (Å²) in [4.78, 5) is 61.1. The van der Waals surface area contributed by atoms with Gasteiger partial charge < -0.3 is 4.74 Å². The number of nitro groups is 1. The number of imide groups is 2. The van der Waals surface area contributed by atoms with E-state index in [1.807, 2.05) is 30.3 Å². The molecule has 2 aliphatic heterocycles. The van der Waals surface area contributed by atoms with E-state index < -0.39 is 40.3 Å². The lowest BCUT2D eigenvalue weighted by Gasteiger charge is -2.27. The number of carbonyl (C=O) groups excluding carboxylic acids is 4. The summed E-state index contributed by atoms with van der Waals surface area (Å²) in [7, 11) is 0. The Balaban J connectivity index is 1.55. The number of hydrogen-bond acceptors (Lipinski definition) is 7. The number of benzene rings is 2. The molecule has 4 amide bonds. The quantitative estimate of drug-likeness (QED) is 0.302. The molecule has 164 valence electrons. The van der Waals surface area contributed by atoms with Crippen molar-refractivity contribution in [1.29, 1.82) is 0 Å². The molecule has 1 atom stereocenters. The van der Waals surface area contributed by atoms with Crippen molar-refractivity contribution in [2.24, 2.45) is 0 Å². The van der Waals surface area contributed by atoms with Gasteiger partial charge in [-0.1, -0.05) is 30.3 Å². The normalized spacial score (nSPS) is 18.0. The van der Waals surface area contributed by atoms with Crippen LogP contribution in [-0.2, 0) is 27.4 Å². The first kappa shape index (κ1) is 21.3. The smallest absolute Gasteiger partial charge is 0.283 e. The van der Waals surface area contributed by atoms with Crippen LogP contribution in [-0.4, -0.2) is 46.1 Å². The summed E-state index contributed by atoms with van der Waals surface area (Å²) in [5.74, 6) is -2.95. The highest BCUT2D eigenvalue weighted by Gasteiger charge is 2.47. The van der Waals surface area contributed by atoms with E-state index >= 15 is 0 Å². The zero-order valence-corrected chi connectivity index (χ0v) is 16.9. The third-order valence-corrected chi connectivity index (χ3v) is 5.42. The zero-order valence-electron chi connectivity index (χ0n) is 16.9. The molecule has 0 bridgehead atoms. The second-order valence-electron chi connectivity index (χ2n) is 7.53. The fraction of sp³-hybridized carbons (Fsp3) is 0.273. The van der Waals surface area contributed by atoms with E-state index in [0.717, 1.165) is 10.5 Å². The molecule has 1 saturated heterocycles. The minimum absolute atomic E-state index is 0.0237. The van der Waals surface area contributed by atoms with Crippen LogP contribution in [0.4, 0.5) is 5.69 Å². The van der Waals surface area contributed by atoms with Crippen molar-refractivity contribution in [1.82, 2.24) is 10.2 Å².